The average Bonchev–Trinajstić information content (AvgIpc) is 2.91. The Morgan fingerprint density at radius 3 is 2.95 bits per heavy atom. The van der Waals surface area contributed by atoms with Gasteiger partial charge < -0.3 is 10.6 Å². The second kappa shape index (κ2) is 6.14. The molecule has 1 heterocycles. The van der Waals surface area contributed by atoms with Gasteiger partial charge >= 0.3 is 0 Å². The number of carbonyl (C=O) groups is 1. The summed E-state index contributed by atoms with van der Waals surface area (Å²) in [5.74, 6) is 0.429. The molecule has 1 saturated heterocycles. The van der Waals surface area contributed by atoms with Crippen LogP contribution in [0, 0.1) is 11.7 Å². The Bertz CT molecular complexity index is 505. The molecule has 1 aromatic rings. The van der Waals surface area contributed by atoms with Crippen molar-refractivity contribution in [2.75, 3.05) is 0 Å². The van der Waals surface area contributed by atoms with Gasteiger partial charge in [0.2, 0.25) is 5.91 Å². The summed E-state index contributed by atoms with van der Waals surface area (Å²) in [6, 6.07) is 6.67. The number of benzene rings is 1. The molecule has 0 spiro atoms. The molecule has 3 nitrogen and oxygen atoms in total. The van der Waals surface area contributed by atoms with E-state index in [0.29, 0.717) is 12.0 Å². The number of rotatable bonds is 3. The van der Waals surface area contributed by atoms with Gasteiger partial charge in [-0.05, 0) is 49.8 Å². The maximum Gasteiger partial charge on any atom is 0.237 e. The summed E-state index contributed by atoms with van der Waals surface area (Å²) in [5, 5.41) is 6.48. The SMILES string of the molecule is C[C@@H](NC(=O)C1CC2CCCCC2N1)c1cccc(F)c1. The van der Waals surface area contributed by atoms with E-state index in [1.165, 1.54) is 37.8 Å². The molecule has 1 amide bonds. The van der Waals surface area contributed by atoms with Gasteiger partial charge in [-0.2, -0.15) is 0 Å². The highest BCUT2D eigenvalue weighted by molar-refractivity contribution is 5.82. The van der Waals surface area contributed by atoms with E-state index >= 15 is 0 Å². The first kappa shape index (κ1) is 14.5. The Balaban J connectivity index is 1.59. The highest BCUT2D eigenvalue weighted by Gasteiger charge is 2.38. The van der Waals surface area contributed by atoms with Gasteiger partial charge in [-0.25, -0.2) is 4.39 Å². The van der Waals surface area contributed by atoms with E-state index in [-0.39, 0.29) is 23.8 Å². The Morgan fingerprint density at radius 1 is 1.38 bits per heavy atom. The van der Waals surface area contributed by atoms with E-state index < -0.39 is 0 Å². The monoisotopic (exact) mass is 290 g/mol. The molecule has 1 aliphatic heterocycles. The number of nitrogens with one attached hydrogen (secondary N) is 2. The lowest BCUT2D eigenvalue weighted by Gasteiger charge is -2.24. The topological polar surface area (TPSA) is 41.1 Å². The third-order valence-corrected chi connectivity index (χ3v) is 4.89. The normalized spacial score (nSPS) is 29.7. The minimum absolute atomic E-state index is 0.0427. The molecular weight excluding hydrogens is 267 g/mol. The van der Waals surface area contributed by atoms with Crippen LogP contribution in [-0.2, 0) is 4.79 Å². The molecule has 3 unspecified atom stereocenters. The van der Waals surface area contributed by atoms with Gasteiger partial charge in [-0.1, -0.05) is 25.0 Å². The number of amides is 1. The summed E-state index contributed by atoms with van der Waals surface area (Å²) in [7, 11) is 0. The zero-order valence-electron chi connectivity index (χ0n) is 12.4. The molecule has 2 fully saturated rings. The third-order valence-electron chi connectivity index (χ3n) is 4.89. The molecule has 114 valence electrons. The predicted molar refractivity (Wildman–Crippen MR) is 80.2 cm³/mol. The van der Waals surface area contributed by atoms with Crippen LogP contribution >= 0.6 is 0 Å². The number of fused-ring (bicyclic) bond motifs is 1. The summed E-state index contributed by atoms with van der Waals surface area (Å²) in [6.07, 6.45) is 5.92. The predicted octanol–water partition coefficient (Wildman–Crippen LogP) is 2.92. The maximum atomic E-state index is 13.2. The highest BCUT2D eigenvalue weighted by Crippen LogP contribution is 2.33. The van der Waals surface area contributed by atoms with Crippen LogP contribution in [0.4, 0.5) is 4.39 Å². The van der Waals surface area contributed by atoms with Crippen molar-refractivity contribution in [3.8, 4) is 0 Å². The molecule has 21 heavy (non-hydrogen) atoms. The molecule has 4 heteroatoms. The van der Waals surface area contributed by atoms with Gasteiger partial charge in [0, 0.05) is 6.04 Å². The Kier molecular flexibility index (Phi) is 4.24. The van der Waals surface area contributed by atoms with E-state index in [1.54, 1.807) is 6.07 Å². The van der Waals surface area contributed by atoms with E-state index in [4.69, 9.17) is 0 Å². The average molecular weight is 290 g/mol. The molecule has 2 aliphatic rings. The molecule has 2 N–H and O–H groups in total. The van der Waals surface area contributed by atoms with Crippen LogP contribution in [0.5, 0.6) is 0 Å². The molecule has 4 atom stereocenters. The number of halogens is 1. The van der Waals surface area contributed by atoms with Gasteiger partial charge in [-0.15, -0.1) is 0 Å². The van der Waals surface area contributed by atoms with Crippen LogP contribution in [0.3, 0.4) is 0 Å². The maximum absolute atomic E-state index is 13.2. The standard InChI is InChI=1S/C17H23FN2O/c1-11(12-6-4-7-14(18)9-12)19-17(21)16-10-13-5-2-3-8-15(13)20-16/h4,6-7,9,11,13,15-16,20H,2-3,5,8,10H2,1H3,(H,19,21)/t11-,13?,15?,16?/m1/s1. The van der Waals surface area contributed by atoms with Crippen LogP contribution < -0.4 is 10.6 Å². The first-order valence-electron chi connectivity index (χ1n) is 7.95. The molecular formula is C17H23FN2O. The minimum atomic E-state index is -0.265. The van der Waals surface area contributed by atoms with Crippen molar-refractivity contribution < 1.29 is 9.18 Å². The minimum Gasteiger partial charge on any atom is -0.348 e. The molecule has 0 aromatic heterocycles. The smallest absolute Gasteiger partial charge is 0.237 e. The fraction of sp³-hybridized carbons (Fsp3) is 0.588. The largest absolute Gasteiger partial charge is 0.348 e. The van der Waals surface area contributed by atoms with Crippen LogP contribution in [0.25, 0.3) is 0 Å². The lowest BCUT2D eigenvalue weighted by molar-refractivity contribution is -0.123. The van der Waals surface area contributed by atoms with Crippen molar-refractivity contribution in [2.24, 2.45) is 5.92 Å². The third kappa shape index (κ3) is 3.26. The summed E-state index contributed by atoms with van der Waals surface area (Å²) in [6.45, 7) is 1.90. The summed E-state index contributed by atoms with van der Waals surface area (Å²) >= 11 is 0. The van der Waals surface area contributed by atoms with Crippen LogP contribution in [0.15, 0.2) is 24.3 Å². The summed E-state index contributed by atoms with van der Waals surface area (Å²) in [4.78, 5) is 12.4. The summed E-state index contributed by atoms with van der Waals surface area (Å²) in [5.41, 5.74) is 0.804. The van der Waals surface area contributed by atoms with Crippen molar-refractivity contribution in [3.05, 3.63) is 35.6 Å². The quantitative estimate of drug-likeness (QED) is 0.898. The molecule has 1 aromatic carbocycles. The lowest BCUT2D eigenvalue weighted by Crippen LogP contribution is -2.43. The second-order valence-electron chi connectivity index (χ2n) is 6.39. The highest BCUT2D eigenvalue weighted by atomic mass is 19.1. The first-order valence-corrected chi connectivity index (χ1v) is 7.95. The Hall–Kier alpha value is -1.42. The zero-order chi connectivity index (χ0) is 14.8. The number of hydrogen-bond donors (Lipinski definition) is 2. The lowest BCUT2D eigenvalue weighted by atomic mass is 9.85. The van der Waals surface area contributed by atoms with Gasteiger partial charge in [0.25, 0.3) is 0 Å². The molecule has 1 aliphatic carbocycles. The first-order chi connectivity index (χ1) is 10.1. The number of hydrogen-bond acceptors (Lipinski definition) is 2. The van der Waals surface area contributed by atoms with Gasteiger partial charge in [-0.3, -0.25) is 4.79 Å². The number of carbonyl (C=O) groups excluding carboxylic acids is 1. The van der Waals surface area contributed by atoms with Crippen molar-refractivity contribution in [1.29, 1.82) is 0 Å². The van der Waals surface area contributed by atoms with Gasteiger partial charge in [0.1, 0.15) is 5.82 Å². The van der Waals surface area contributed by atoms with Crippen molar-refractivity contribution in [3.63, 3.8) is 0 Å². The fourth-order valence-corrected chi connectivity index (χ4v) is 3.69. The van der Waals surface area contributed by atoms with Crippen LogP contribution in [0.2, 0.25) is 0 Å². The molecule has 0 radical (unpaired) electrons. The fourth-order valence-electron chi connectivity index (χ4n) is 3.69. The molecule has 0 bridgehead atoms. The summed E-state index contributed by atoms with van der Waals surface area (Å²) < 4.78 is 13.2. The van der Waals surface area contributed by atoms with Crippen molar-refractivity contribution in [1.82, 2.24) is 10.6 Å². The van der Waals surface area contributed by atoms with Gasteiger partial charge in [0.15, 0.2) is 0 Å². The Labute approximate surface area is 125 Å². The Morgan fingerprint density at radius 2 is 2.19 bits per heavy atom. The van der Waals surface area contributed by atoms with Crippen molar-refractivity contribution in [2.45, 2.75) is 57.2 Å². The van der Waals surface area contributed by atoms with Gasteiger partial charge in [0.05, 0.1) is 12.1 Å². The molecule has 3 rings (SSSR count). The van der Waals surface area contributed by atoms with Crippen LogP contribution in [-0.4, -0.2) is 18.0 Å². The van der Waals surface area contributed by atoms with E-state index in [0.717, 1.165) is 12.0 Å². The van der Waals surface area contributed by atoms with E-state index in [1.807, 2.05) is 13.0 Å². The second-order valence-corrected chi connectivity index (χ2v) is 6.39. The van der Waals surface area contributed by atoms with E-state index in [9.17, 15) is 9.18 Å². The van der Waals surface area contributed by atoms with E-state index in [2.05, 4.69) is 10.6 Å². The van der Waals surface area contributed by atoms with Crippen LogP contribution in [0.1, 0.15) is 50.6 Å². The molecule has 1 saturated carbocycles. The van der Waals surface area contributed by atoms with Crippen molar-refractivity contribution >= 4 is 5.91 Å². The zero-order valence-corrected chi connectivity index (χ0v) is 12.4.